The first-order valence-electron chi connectivity index (χ1n) is 12.4. The fraction of sp³-hybridized carbons (Fsp3) is 0.345. The van der Waals surface area contributed by atoms with Crippen LogP contribution in [0.3, 0.4) is 0 Å². The summed E-state index contributed by atoms with van der Waals surface area (Å²) in [4.78, 5) is 30.6. The molecule has 2 aromatic carbocycles. The van der Waals surface area contributed by atoms with E-state index in [-0.39, 0.29) is 13.0 Å². The predicted octanol–water partition coefficient (Wildman–Crippen LogP) is 5.76. The molecule has 0 radical (unpaired) electrons. The molecule has 2 amide bonds. The Morgan fingerprint density at radius 3 is 2.62 bits per heavy atom. The molecule has 0 aliphatic heterocycles. The molecule has 1 atom stereocenters. The van der Waals surface area contributed by atoms with E-state index in [1.54, 1.807) is 30.3 Å². The highest BCUT2D eigenvalue weighted by molar-refractivity contribution is 6.32. The van der Waals surface area contributed by atoms with Crippen LogP contribution >= 0.6 is 11.6 Å². The van der Waals surface area contributed by atoms with Gasteiger partial charge in [-0.1, -0.05) is 42.5 Å². The Hall–Kier alpha value is -3.63. The van der Waals surface area contributed by atoms with Crippen LogP contribution in [0.5, 0.6) is 0 Å². The standard InChI is InChI=1S/C29H31ClF3N3O4/c1-5-18-7-6-8-20(26(18)30)16-35-27(38)36(4)24(14-29(32,33)28(2,3)39)17-40-25(37)13-23-12-21-11-22(31)10-9-19(21)15-34-23/h5-12,15,24,39H,1,13-14,16-17H2,2-4H3,(H,35,38)/t24-/m0/s1. The number of carbonyl (C=O) groups is 2. The molecule has 214 valence electrons. The molecule has 0 saturated carbocycles. The molecule has 7 nitrogen and oxygen atoms in total. The molecule has 3 aromatic rings. The molecule has 0 bridgehead atoms. The average Bonchev–Trinajstić information content (AvgIpc) is 2.88. The van der Waals surface area contributed by atoms with E-state index in [2.05, 4.69) is 16.9 Å². The monoisotopic (exact) mass is 577 g/mol. The topological polar surface area (TPSA) is 91.8 Å². The molecule has 0 fully saturated rings. The van der Waals surface area contributed by atoms with Crippen LogP contribution in [-0.2, 0) is 22.5 Å². The summed E-state index contributed by atoms with van der Waals surface area (Å²) in [5.74, 6) is -4.84. The summed E-state index contributed by atoms with van der Waals surface area (Å²) < 4.78 is 48.5. The number of halogens is 4. The maximum absolute atomic E-state index is 14.8. The predicted molar refractivity (Wildman–Crippen MR) is 148 cm³/mol. The van der Waals surface area contributed by atoms with Crippen molar-refractivity contribution in [2.45, 2.75) is 50.8 Å². The number of benzene rings is 2. The normalized spacial score (nSPS) is 12.6. The van der Waals surface area contributed by atoms with E-state index in [0.717, 1.165) is 18.7 Å². The summed E-state index contributed by atoms with van der Waals surface area (Å²) in [6.07, 6.45) is 1.77. The number of pyridine rings is 1. The van der Waals surface area contributed by atoms with Crippen molar-refractivity contribution in [1.82, 2.24) is 15.2 Å². The highest BCUT2D eigenvalue weighted by Gasteiger charge is 2.48. The fourth-order valence-corrected chi connectivity index (χ4v) is 4.12. The molecule has 1 heterocycles. The first-order valence-corrected chi connectivity index (χ1v) is 12.8. The van der Waals surface area contributed by atoms with E-state index in [4.69, 9.17) is 16.3 Å². The third-order valence-corrected chi connectivity index (χ3v) is 6.98. The van der Waals surface area contributed by atoms with Crippen LogP contribution in [0.15, 0.2) is 55.2 Å². The number of urea groups is 1. The van der Waals surface area contributed by atoms with Crippen LogP contribution in [0.25, 0.3) is 16.8 Å². The van der Waals surface area contributed by atoms with Gasteiger partial charge in [0.15, 0.2) is 0 Å². The zero-order valence-electron chi connectivity index (χ0n) is 22.4. The number of carbonyl (C=O) groups excluding carboxylic acids is 2. The minimum Gasteiger partial charge on any atom is -0.463 e. The molecular formula is C29H31ClF3N3O4. The van der Waals surface area contributed by atoms with Crippen LogP contribution in [0.2, 0.25) is 5.02 Å². The molecule has 0 aliphatic rings. The van der Waals surface area contributed by atoms with Gasteiger partial charge in [-0.15, -0.1) is 0 Å². The lowest BCUT2D eigenvalue weighted by molar-refractivity contribution is -0.176. The molecule has 0 aliphatic carbocycles. The second-order valence-corrected chi connectivity index (χ2v) is 10.3. The van der Waals surface area contributed by atoms with Crippen molar-refractivity contribution in [3.63, 3.8) is 0 Å². The lowest BCUT2D eigenvalue weighted by atomic mass is 9.94. The number of nitrogens with one attached hydrogen (secondary N) is 1. The number of ether oxygens (including phenoxy) is 1. The van der Waals surface area contributed by atoms with E-state index in [0.29, 0.717) is 32.6 Å². The average molecular weight is 578 g/mol. The van der Waals surface area contributed by atoms with Crippen LogP contribution in [0.4, 0.5) is 18.0 Å². The van der Waals surface area contributed by atoms with Gasteiger partial charge in [0, 0.05) is 31.6 Å². The maximum atomic E-state index is 14.8. The Balaban J connectivity index is 1.70. The summed E-state index contributed by atoms with van der Waals surface area (Å²) in [7, 11) is 1.29. The van der Waals surface area contributed by atoms with Crippen molar-refractivity contribution in [1.29, 1.82) is 0 Å². The van der Waals surface area contributed by atoms with Gasteiger partial charge in [0.2, 0.25) is 0 Å². The second kappa shape index (κ2) is 12.7. The number of amides is 2. The third-order valence-electron chi connectivity index (χ3n) is 6.52. The zero-order chi connectivity index (χ0) is 29.7. The lowest BCUT2D eigenvalue weighted by Crippen LogP contribution is -2.52. The van der Waals surface area contributed by atoms with Gasteiger partial charge in [0.1, 0.15) is 18.0 Å². The maximum Gasteiger partial charge on any atom is 0.317 e. The number of fused-ring (bicyclic) bond motifs is 1. The van der Waals surface area contributed by atoms with Gasteiger partial charge in [-0.05, 0) is 54.6 Å². The van der Waals surface area contributed by atoms with E-state index >= 15 is 0 Å². The minimum absolute atomic E-state index is 0.00626. The number of aliphatic hydroxyl groups is 1. The van der Waals surface area contributed by atoms with E-state index in [9.17, 15) is 27.9 Å². The van der Waals surface area contributed by atoms with Gasteiger partial charge in [-0.25, -0.2) is 18.0 Å². The third kappa shape index (κ3) is 7.73. The first-order chi connectivity index (χ1) is 18.7. The van der Waals surface area contributed by atoms with Gasteiger partial charge in [0.25, 0.3) is 5.92 Å². The largest absolute Gasteiger partial charge is 0.463 e. The summed E-state index contributed by atoms with van der Waals surface area (Å²) in [6.45, 7) is 5.03. The van der Waals surface area contributed by atoms with Gasteiger partial charge in [0.05, 0.1) is 23.2 Å². The Kier molecular flexibility index (Phi) is 9.81. The number of hydrogen-bond acceptors (Lipinski definition) is 5. The number of alkyl halides is 2. The molecule has 40 heavy (non-hydrogen) atoms. The van der Waals surface area contributed by atoms with Gasteiger partial charge >= 0.3 is 12.0 Å². The van der Waals surface area contributed by atoms with Crippen molar-refractivity contribution >= 4 is 40.4 Å². The first kappa shape index (κ1) is 30.9. The Bertz CT molecular complexity index is 1390. The Morgan fingerprint density at radius 2 is 1.95 bits per heavy atom. The van der Waals surface area contributed by atoms with Crippen LogP contribution in [-0.4, -0.2) is 58.2 Å². The number of aromatic nitrogens is 1. The van der Waals surface area contributed by atoms with E-state index in [1.165, 1.54) is 31.4 Å². The Morgan fingerprint density at radius 1 is 1.23 bits per heavy atom. The number of nitrogens with zero attached hydrogens (tertiary/aromatic N) is 2. The van der Waals surface area contributed by atoms with Crippen LogP contribution in [0.1, 0.15) is 37.1 Å². The van der Waals surface area contributed by atoms with Crippen molar-refractivity contribution in [3.05, 3.63) is 82.9 Å². The second-order valence-electron chi connectivity index (χ2n) is 9.94. The molecule has 0 saturated heterocycles. The molecule has 1 aromatic heterocycles. The smallest absolute Gasteiger partial charge is 0.317 e. The van der Waals surface area contributed by atoms with Crippen molar-refractivity contribution in [2.24, 2.45) is 0 Å². The van der Waals surface area contributed by atoms with E-state index < -0.39 is 48.4 Å². The van der Waals surface area contributed by atoms with E-state index in [1.807, 2.05) is 0 Å². The summed E-state index contributed by atoms with van der Waals surface area (Å²) >= 11 is 6.32. The summed E-state index contributed by atoms with van der Waals surface area (Å²) in [6, 6.07) is 8.86. The summed E-state index contributed by atoms with van der Waals surface area (Å²) in [5, 5.41) is 14.2. The van der Waals surface area contributed by atoms with Crippen LogP contribution < -0.4 is 5.32 Å². The van der Waals surface area contributed by atoms with Crippen molar-refractivity contribution < 1.29 is 32.6 Å². The van der Waals surface area contributed by atoms with Crippen LogP contribution in [0, 0.1) is 5.82 Å². The van der Waals surface area contributed by atoms with Gasteiger partial charge in [-0.2, -0.15) is 0 Å². The molecule has 0 spiro atoms. The quantitative estimate of drug-likeness (QED) is 0.283. The number of esters is 1. The molecular weight excluding hydrogens is 547 g/mol. The van der Waals surface area contributed by atoms with Crippen molar-refractivity contribution in [3.8, 4) is 0 Å². The highest BCUT2D eigenvalue weighted by atomic mass is 35.5. The fourth-order valence-electron chi connectivity index (χ4n) is 3.85. The number of rotatable bonds is 11. The molecule has 3 rings (SSSR count). The zero-order valence-corrected chi connectivity index (χ0v) is 23.1. The summed E-state index contributed by atoms with van der Waals surface area (Å²) in [5.41, 5.74) is -0.836. The number of hydrogen-bond donors (Lipinski definition) is 2. The highest BCUT2D eigenvalue weighted by Crippen LogP contribution is 2.34. The van der Waals surface area contributed by atoms with Gasteiger partial charge < -0.3 is 20.1 Å². The lowest BCUT2D eigenvalue weighted by Gasteiger charge is -2.35. The number of likely N-dealkylation sites (N-methyl/N-ethyl adjacent to an activating group) is 1. The van der Waals surface area contributed by atoms with Gasteiger partial charge in [-0.3, -0.25) is 9.78 Å². The molecule has 11 heteroatoms. The molecule has 2 N–H and O–H groups in total. The minimum atomic E-state index is -3.62. The molecule has 0 unspecified atom stereocenters. The SMILES string of the molecule is C=Cc1cccc(CNC(=O)N(C)[C@H](COC(=O)Cc2cc3cc(F)ccc3cn2)CC(F)(F)C(C)(C)O)c1Cl. The Labute approximate surface area is 235 Å². The van der Waals surface area contributed by atoms with Crippen molar-refractivity contribution in [2.75, 3.05) is 13.7 Å².